The Morgan fingerprint density at radius 2 is 1.66 bits per heavy atom. The monoisotopic (exact) mass is 470 g/mol. The summed E-state index contributed by atoms with van der Waals surface area (Å²) in [5.41, 5.74) is 0.927. The minimum Gasteiger partial charge on any atom is -0.368 e. The van der Waals surface area contributed by atoms with Gasteiger partial charge in [-0.15, -0.1) is 0 Å². The Balaban J connectivity index is 2.11. The predicted molar refractivity (Wildman–Crippen MR) is 115 cm³/mol. The highest BCUT2D eigenvalue weighted by molar-refractivity contribution is 7.94. The summed E-state index contributed by atoms with van der Waals surface area (Å²) in [4.78, 5) is 4.01. The van der Waals surface area contributed by atoms with Crippen molar-refractivity contribution in [2.75, 3.05) is 11.1 Å². The molecule has 0 saturated heterocycles. The summed E-state index contributed by atoms with van der Waals surface area (Å²) >= 11 is 6.68. The van der Waals surface area contributed by atoms with Crippen molar-refractivity contribution in [2.24, 2.45) is 0 Å². The Morgan fingerprint density at radius 1 is 1.03 bits per heavy atom. The molecule has 0 fully saturated rings. The second-order valence-corrected chi connectivity index (χ2v) is 12.0. The number of nitrogens with one attached hydrogen (secondary N) is 1. The minimum atomic E-state index is -4.05. The molecule has 0 saturated carbocycles. The summed E-state index contributed by atoms with van der Waals surface area (Å²) in [6.07, 6.45) is 0. The lowest BCUT2D eigenvalue weighted by molar-refractivity contribution is 0.590. The number of benzene rings is 2. The molecule has 0 aliphatic carbocycles. The van der Waals surface area contributed by atoms with Crippen LogP contribution < -0.4 is 5.32 Å². The topological polar surface area (TPSA) is 93.2 Å². The molecule has 0 spiro atoms. The Hall–Kier alpha value is -1.94. The molecule has 1 N–H and O–H groups in total. The first-order valence-corrected chi connectivity index (χ1v) is 13.0. The van der Waals surface area contributed by atoms with Gasteiger partial charge in [0, 0.05) is 11.1 Å². The van der Waals surface area contributed by atoms with Crippen molar-refractivity contribution in [1.29, 1.82) is 0 Å². The number of halogens is 1. The number of nitrogens with zero attached hydrogens (tertiary/aromatic N) is 1. The lowest BCUT2D eigenvalue weighted by atomic mass is 10.1. The molecule has 0 bridgehead atoms. The predicted octanol–water partition coefficient (Wildman–Crippen LogP) is 4.60. The van der Waals surface area contributed by atoms with Crippen LogP contribution in [0.15, 0.2) is 68.9 Å². The molecule has 0 aliphatic rings. The van der Waals surface area contributed by atoms with Gasteiger partial charge in [-0.3, -0.25) is 0 Å². The van der Waals surface area contributed by atoms with E-state index in [1.165, 1.54) is 31.2 Å². The van der Waals surface area contributed by atoms with Gasteiger partial charge in [-0.25, -0.2) is 21.8 Å². The van der Waals surface area contributed by atoms with Gasteiger partial charge in [-0.05, 0) is 36.8 Å². The molecule has 6 nitrogen and oxygen atoms in total. The first-order valence-electron chi connectivity index (χ1n) is 8.71. The van der Waals surface area contributed by atoms with Gasteiger partial charge >= 0.3 is 0 Å². The quantitative estimate of drug-likeness (QED) is 0.542. The van der Waals surface area contributed by atoms with E-state index in [0.29, 0.717) is 5.02 Å². The standard InChI is InChI=1S/C19H19ClN2O4S3/c1-3-28(23,24)19-22-18(29(25,26)16-11-9-15(20)10-12-16)17(27-19)21-13(2)14-7-5-4-6-8-14/h4-13,21H,3H2,1-2H3/t13-/m0/s1. The van der Waals surface area contributed by atoms with E-state index in [-0.39, 0.29) is 31.1 Å². The number of hydrogen-bond donors (Lipinski definition) is 1. The number of hydrogen-bond acceptors (Lipinski definition) is 7. The zero-order valence-corrected chi connectivity index (χ0v) is 18.9. The minimum absolute atomic E-state index is 0.0111. The lowest BCUT2D eigenvalue weighted by Crippen LogP contribution is -2.10. The Labute approximate surface area is 179 Å². The number of aromatic nitrogens is 1. The summed E-state index contributed by atoms with van der Waals surface area (Å²) < 4.78 is 50.8. The van der Waals surface area contributed by atoms with Gasteiger partial charge in [0.25, 0.3) is 0 Å². The van der Waals surface area contributed by atoms with Gasteiger partial charge in [0.15, 0.2) is 5.03 Å². The lowest BCUT2D eigenvalue weighted by Gasteiger charge is -2.15. The molecule has 2 aromatic carbocycles. The van der Waals surface area contributed by atoms with Gasteiger partial charge in [0.2, 0.25) is 24.0 Å². The summed E-state index contributed by atoms with van der Waals surface area (Å²) in [7, 11) is -7.72. The number of sulfone groups is 2. The maximum Gasteiger partial charge on any atom is 0.226 e. The van der Waals surface area contributed by atoms with E-state index in [0.717, 1.165) is 16.9 Å². The van der Waals surface area contributed by atoms with E-state index in [1.807, 2.05) is 37.3 Å². The summed E-state index contributed by atoms with van der Waals surface area (Å²) in [5, 5.41) is 3.39. The van der Waals surface area contributed by atoms with Crippen LogP contribution in [0.3, 0.4) is 0 Å². The SMILES string of the molecule is CCS(=O)(=O)c1nc(S(=O)(=O)c2ccc(Cl)cc2)c(N[C@@H](C)c2ccccc2)s1. The van der Waals surface area contributed by atoms with Gasteiger partial charge in [0.1, 0.15) is 5.00 Å². The third kappa shape index (κ3) is 4.63. The Morgan fingerprint density at radius 3 is 2.24 bits per heavy atom. The van der Waals surface area contributed by atoms with Gasteiger partial charge in [-0.2, -0.15) is 0 Å². The first-order chi connectivity index (χ1) is 13.6. The molecule has 0 amide bonds. The molecule has 0 aliphatic heterocycles. The summed E-state index contributed by atoms with van der Waals surface area (Å²) in [6, 6.07) is 14.8. The van der Waals surface area contributed by atoms with Gasteiger partial charge in [0.05, 0.1) is 10.6 Å². The van der Waals surface area contributed by atoms with E-state index in [2.05, 4.69) is 10.3 Å². The largest absolute Gasteiger partial charge is 0.368 e. The molecule has 3 aromatic rings. The number of rotatable bonds is 7. The van der Waals surface area contributed by atoms with Gasteiger partial charge in [-0.1, -0.05) is 60.2 Å². The second-order valence-electron chi connectivity index (χ2n) is 6.25. The fourth-order valence-corrected chi connectivity index (χ4v) is 6.76. The van der Waals surface area contributed by atoms with Crippen LogP contribution in [0.25, 0.3) is 0 Å². The van der Waals surface area contributed by atoms with Crippen LogP contribution >= 0.6 is 22.9 Å². The number of anilines is 1. The van der Waals surface area contributed by atoms with Crippen LogP contribution in [0, 0.1) is 0 Å². The zero-order chi connectivity index (χ0) is 21.2. The highest BCUT2D eigenvalue weighted by Crippen LogP contribution is 2.37. The number of thiazole rings is 1. The van der Waals surface area contributed by atoms with Crippen LogP contribution in [-0.2, 0) is 19.7 Å². The van der Waals surface area contributed by atoms with Crippen LogP contribution in [0.5, 0.6) is 0 Å². The Bertz CT molecular complexity index is 1210. The first kappa shape index (κ1) is 21.8. The molecule has 154 valence electrons. The molecule has 1 heterocycles. The maximum absolute atomic E-state index is 13.2. The highest BCUT2D eigenvalue weighted by atomic mass is 35.5. The van der Waals surface area contributed by atoms with Crippen molar-refractivity contribution in [1.82, 2.24) is 4.98 Å². The van der Waals surface area contributed by atoms with Crippen LogP contribution in [0.2, 0.25) is 5.02 Å². The fourth-order valence-electron chi connectivity index (χ4n) is 2.56. The fraction of sp³-hybridized carbons (Fsp3) is 0.211. The molecule has 10 heteroatoms. The molecule has 1 atom stereocenters. The van der Waals surface area contributed by atoms with Crippen molar-refractivity contribution in [3.8, 4) is 0 Å². The smallest absolute Gasteiger partial charge is 0.226 e. The van der Waals surface area contributed by atoms with E-state index < -0.39 is 19.7 Å². The normalized spacial score (nSPS) is 13.2. The second kappa shape index (κ2) is 8.43. The van der Waals surface area contributed by atoms with E-state index in [4.69, 9.17) is 11.6 Å². The molecule has 3 rings (SSSR count). The average Bonchev–Trinajstić information content (AvgIpc) is 3.14. The Kier molecular flexibility index (Phi) is 6.33. The van der Waals surface area contributed by atoms with Crippen LogP contribution in [-0.4, -0.2) is 27.6 Å². The molecule has 0 radical (unpaired) electrons. The van der Waals surface area contributed by atoms with Crippen LogP contribution in [0.1, 0.15) is 25.5 Å². The summed E-state index contributed by atoms with van der Waals surface area (Å²) in [5.74, 6) is -0.172. The molecule has 0 unspecified atom stereocenters. The third-order valence-electron chi connectivity index (χ3n) is 4.25. The van der Waals surface area contributed by atoms with E-state index in [9.17, 15) is 16.8 Å². The molecular formula is C19H19ClN2O4S3. The zero-order valence-electron chi connectivity index (χ0n) is 15.7. The van der Waals surface area contributed by atoms with Gasteiger partial charge < -0.3 is 5.32 Å². The van der Waals surface area contributed by atoms with Crippen molar-refractivity contribution in [3.63, 3.8) is 0 Å². The highest BCUT2D eigenvalue weighted by Gasteiger charge is 2.30. The third-order valence-corrected chi connectivity index (χ3v) is 9.50. The molecular weight excluding hydrogens is 452 g/mol. The van der Waals surface area contributed by atoms with Crippen LogP contribution in [0.4, 0.5) is 5.00 Å². The van der Waals surface area contributed by atoms with E-state index >= 15 is 0 Å². The molecule has 1 aromatic heterocycles. The average molecular weight is 471 g/mol. The van der Waals surface area contributed by atoms with E-state index in [1.54, 1.807) is 0 Å². The maximum atomic E-state index is 13.2. The van der Waals surface area contributed by atoms with Crippen molar-refractivity contribution < 1.29 is 16.8 Å². The van der Waals surface area contributed by atoms with Crippen molar-refractivity contribution in [3.05, 3.63) is 65.2 Å². The molecule has 29 heavy (non-hydrogen) atoms. The van der Waals surface area contributed by atoms with Crippen molar-refractivity contribution >= 4 is 47.6 Å². The van der Waals surface area contributed by atoms with Crippen molar-refractivity contribution in [2.45, 2.75) is 34.2 Å². The summed E-state index contributed by atoms with van der Waals surface area (Å²) in [6.45, 7) is 3.35.